The standard InChI is InChI=1S/C18H22N4O/c1-2-14-6-8-15(9-7-14)17(23)21-16-12-19-18(20-13-16)22-10-4-3-5-11-22/h6-9,12-13H,2-5,10-11H2,1H3,(H,21,23). The Balaban J connectivity index is 1.63. The summed E-state index contributed by atoms with van der Waals surface area (Å²) in [5, 5.41) is 2.84. The summed E-state index contributed by atoms with van der Waals surface area (Å²) in [5.74, 6) is 0.608. The zero-order valence-electron chi connectivity index (χ0n) is 13.5. The van der Waals surface area contributed by atoms with Gasteiger partial charge in [0.05, 0.1) is 18.1 Å². The smallest absolute Gasteiger partial charge is 0.255 e. The molecule has 1 fully saturated rings. The Morgan fingerprint density at radius 1 is 1.09 bits per heavy atom. The second kappa shape index (κ2) is 7.22. The van der Waals surface area contributed by atoms with Gasteiger partial charge in [-0.25, -0.2) is 9.97 Å². The van der Waals surface area contributed by atoms with Crippen LogP contribution in [0.4, 0.5) is 11.6 Å². The van der Waals surface area contributed by atoms with E-state index in [2.05, 4.69) is 27.1 Å². The van der Waals surface area contributed by atoms with Gasteiger partial charge in [-0.2, -0.15) is 0 Å². The Hall–Kier alpha value is -2.43. The topological polar surface area (TPSA) is 58.1 Å². The maximum absolute atomic E-state index is 12.2. The number of carbonyl (C=O) groups excluding carboxylic acids is 1. The third kappa shape index (κ3) is 3.86. The Labute approximate surface area is 136 Å². The van der Waals surface area contributed by atoms with Gasteiger partial charge in [0.15, 0.2) is 0 Å². The fourth-order valence-corrected chi connectivity index (χ4v) is 2.74. The highest BCUT2D eigenvalue weighted by atomic mass is 16.1. The maximum Gasteiger partial charge on any atom is 0.255 e. The summed E-state index contributed by atoms with van der Waals surface area (Å²) in [4.78, 5) is 23.2. The van der Waals surface area contributed by atoms with Crippen LogP contribution in [0.15, 0.2) is 36.7 Å². The number of hydrogen-bond donors (Lipinski definition) is 1. The van der Waals surface area contributed by atoms with Crippen LogP contribution < -0.4 is 10.2 Å². The summed E-state index contributed by atoms with van der Waals surface area (Å²) in [7, 11) is 0. The zero-order chi connectivity index (χ0) is 16.1. The van der Waals surface area contributed by atoms with Crippen LogP contribution in [0.1, 0.15) is 42.1 Å². The Morgan fingerprint density at radius 3 is 2.35 bits per heavy atom. The number of benzene rings is 1. The molecule has 1 N–H and O–H groups in total. The molecular weight excluding hydrogens is 288 g/mol. The first-order valence-electron chi connectivity index (χ1n) is 8.23. The lowest BCUT2D eigenvalue weighted by atomic mass is 10.1. The van der Waals surface area contributed by atoms with Crippen molar-refractivity contribution in [2.75, 3.05) is 23.3 Å². The highest BCUT2D eigenvalue weighted by Crippen LogP contribution is 2.16. The monoisotopic (exact) mass is 310 g/mol. The Kier molecular flexibility index (Phi) is 4.86. The van der Waals surface area contributed by atoms with Gasteiger partial charge < -0.3 is 10.2 Å². The molecule has 0 aliphatic carbocycles. The molecule has 23 heavy (non-hydrogen) atoms. The van der Waals surface area contributed by atoms with Gasteiger partial charge >= 0.3 is 0 Å². The van der Waals surface area contributed by atoms with Crippen molar-refractivity contribution < 1.29 is 4.79 Å². The number of nitrogens with zero attached hydrogens (tertiary/aromatic N) is 3. The number of anilines is 2. The number of aryl methyl sites for hydroxylation is 1. The van der Waals surface area contributed by atoms with E-state index in [-0.39, 0.29) is 5.91 Å². The number of piperidine rings is 1. The summed E-state index contributed by atoms with van der Waals surface area (Å²) >= 11 is 0. The number of rotatable bonds is 4. The number of aromatic nitrogens is 2. The molecule has 5 nitrogen and oxygen atoms in total. The Morgan fingerprint density at radius 2 is 1.74 bits per heavy atom. The zero-order valence-corrected chi connectivity index (χ0v) is 13.5. The lowest BCUT2D eigenvalue weighted by Crippen LogP contribution is -2.30. The minimum absolute atomic E-state index is 0.137. The number of amides is 1. The molecule has 1 saturated heterocycles. The van der Waals surface area contributed by atoms with Gasteiger partial charge in [0.2, 0.25) is 5.95 Å². The van der Waals surface area contributed by atoms with Crippen LogP contribution in [0.3, 0.4) is 0 Å². The number of hydrogen-bond acceptors (Lipinski definition) is 4. The van der Waals surface area contributed by atoms with Crippen molar-refractivity contribution in [1.82, 2.24) is 9.97 Å². The van der Waals surface area contributed by atoms with E-state index in [0.29, 0.717) is 11.3 Å². The third-order valence-corrected chi connectivity index (χ3v) is 4.16. The van der Waals surface area contributed by atoms with Crippen LogP contribution in [-0.4, -0.2) is 29.0 Å². The minimum atomic E-state index is -0.137. The molecule has 2 heterocycles. The summed E-state index contributed by atoms with van der Waals surface area (Å²) in [6, 6.07) is 7.64. The molecule has 0 radical (unpaired) electrons. The van der Waals surface area contributed by atoms with E-state index < -0.39 is 0 Å². The molecule has 5 heteroatoms. The molecule has 0 bridgehead atoms. The van der Waals surface area contributed by atoms with Crippen molar-refractivity contribution in [3.8, 4) is 0 Å². The molecule has 1 aromatic carbocycles. The number of nitrogens with one attached hydrogen (secondary N) is 1. The molecule has 2 aromatic rings. The highest BCUT2D eigenvalue weighted by Gasteiger charge is 2.13. The van der Waals surface area contributed by atoms with E-state index in [1.807, 2.05) is 24.3 Å². The van der Waals surface area contributed by atoms with E-state index in [1.54, 1.807) is 12.4 Å². The maximum atomic E-state index is 12.2. The van der Waals surface area contributed by atoms with Gasteiger partial charge in [-0.3, -0.25) is 4.79 Å². The fourth-order valence-electron chi connectivity index (χ4n) is 2.74. The predicted octanol–water partition coefficient (Wildman–Crippen LogP) is 3.28. The average molecular weight is 310 g/mol. The lowest BCUT2D eigenvalue weighted by molar-refractivity contribution is 0.102. The van der Waals surface area contributed by atoms with E-state index >= 15 is 0 Å². The van der Waals surface area contributed by atoms with Crippen molar-refractivity contribution in [3.63, 3.8) is 0 Å². The van der Waals surface area contributed by atoms with Gasteiger partial charge in [0, 0.05) is 18.7 Å². The van der Waals surface area contributed by atoms with Crippen LogP contribution in [0.2, 0.25) is 0 Å². The highest BCUT2D eigenvalue weighted by molar-refractivity contribution is 6.04. The molecule has 1 aromatic heterocycles. The van der Waals surface area contributed by atoms with Crippen LogP contribution in [0.25, 0.3) is 0 Å². The first-order chi connectivity index (χ1) is 11.3. The van der Waals surface area contributed by atoms with E-state index in [1.165, 1.54) is 24.8 Å². The Bertz CT molecular complexity index is 646. The van der Waals surface area contributed by atoms with Crippen molar-refractivity contribution in [1.29, 1.82) is 0 Å². The van der Waals surface area contributed by atoms with Gasteiger partial charge in [-0.05, 0) is 43.4 Å². The molecule has 1 aliphatic rings. The predicted molar refractivity (Wildman–Crippen MR) is 91.9 cm³/mol. The van der Waals surface area contributed by atoms with Crippen molar-refractivity contribution in [2.45, 2.75) is 32.6 Å². The number of carbonyl (C=O) groups is 1. The largest absolute Gasteiger partial charge is 0.341 e. The molecular formula is C18H22N4O. The van der Waals surface area contributed by atoms with Crippen molar-refractivity contribution in [2.24, 2.45) is 0 Å². The summed E-state index contributed by atoms with van der Waals surface area (Å²) in [5.41, 5.74) is 2.48. The summed E-state index contributed by atoms with van der Waals surface area (Å²) in [6.45, 7) is 4.11. The van der Waals surface area contributed by atoms with Gasteiger partial charge in [-0.15, -0.1) is 0 Å². The van der Waals surface area contributed by atoms with Gasteiger partial charge in [0.25, 0.3) is 5.91 Å². The molecule has 1 aliphatic heterocycles. The quantitative estimate of drug-likeness (QED) is 0.941. The van der Waals surface area contributed by atoms with Crippen LogP contribution in [-0.2, 0) is 6.42 Å². The van der Waals surface area contributed by atoms with E-state index in [0.717, 1.165) is 25.5 Å². The fraction of sp³-hybridized carbons (Fsp3) is 0.389. The first-order valence-corrected chi connectivity index (χ1v) is 8.23. The third-order valence-electron chi connectivity index (χ3n) is 4.16. The van der Waals surface area contributed by atoms with E-state index in [9.17, 15) is 4.79 Å². The van der Waals surface area contributed by atoms with Crippen LogP contribution >= 0.6 is 0 Å². The summed E-state index contributed by atoms with van der Waals surface area (Å²) < 4.78 is 0. The normalized spacial score (nSPS) is 14.6. The molecule has 0 unspecified atom stereocenters. The summed E-state index contributed by atoms with van der Waals surface area (Å²) in [6.07, 6.45) is 7.98. The first kappa shape index (κ1) is 15.5. The average Bonchev–Trinajstić information content (AvgIpc) is 2.63. The molecule has 120 valence electrons. The van der Waals surface area contributed by atoms with Crippen molar-refractivity contribution >= 4 is 17.5 Å². The van der Waals surface area contributed by atoms with Crippen LogP contribution in [0.5, 0.6) is 0 Å². The second-order valence-electron chi connectivity index (χ2n) is 5.82. The van der Waals surface area contributed by atoms with Crippen molar-refractivity contribution in [3.05, 3.63) is 47.8 Å². The molecule has 0 atom stereocenters. The molecule has 0 saturated carbocycles. The second-order valence-corrected chi connectivity index (χ2v) is 5.82. The lowest BCUT2D eigenvalue weighted by Gasteiger charge is -2.26. The molecule has 0 spiro atoms. The molecule has 1 amide bonds. The molecule has 3 rings (SSSR count). The van der Waals surface area contributed by atoms with E-state index in [4.69, 9.17) is 0 Å². The SMILES string of the molecule is CCc1ccc(C(=O)Nc2cnc(N3CCCCC3)nc2)cc1. The van der Waals surface area contributed by atoms with Gasteiger partial charge in [-0.1, -0.05) is 19.1 Å². The van der Waals surface area contributed by atoms with Crippen LogP contribution in [0, 0.1) is 0 Å². The van der Waals surface area contributed by atoms with Gasteiger partial charge in [0.1, 0.15) is 0 Å². The minimum Gasteiger partial charge on any atom is -0.341 e.